The van der Waals surface area contributed by atoms with Crippen LogP contribution in [-0.4, -0.2) is 28.9 Å². The van der Waals surface area contributed by atoms with Crippen LogP contribution in [0.15, 0.2) is 30.5 Å². The molecule has 0 unspecified atom stereocenters. The second-order valence-corrected chi connectivity index (χ2v) is 6.36. The fourth-order valence-electron chi connectivity index (χ4n) is 3.42. The van der Waals surface area contributed by atoms with Crippen LogP contribution in [0.3, 0.4) is 0 Å². The van der Waals surface area contributed by atoms with Crippen molar-refractivity contribution >= 4 is 16.8 Å². The van der Waals surface area contributed by atoms with Crippen molar-refractivity contribution in [2.24, 2.45) is 0 Å². The Bertz CT molecular complexity index is 609. The summed E-state index contributed by atoms with van der Waals surface area (Å²) in [6.07, 6.45) is 10.9. The third kappa shape index (κ3) is 3.70. The van der Waals surface area contributed by atoms with E-state index >= 15 is 0 Å². The summed E-state index contributed by atoms with van der Waals surface area (Å²) in [5, 5.41) is 1.29. The molecule has 1 aromatic heterocycles. The van der Waals surface area contributed by atoms with E-state index in [-0.39, 0.29) is 0 Å². The molecule has 3 rings (SSSR count). The van der Waals surface area contributed by atoms with Gasteiger partial charge in [0.1, 0.15) is 0 Å². The van der Waals surface area contributed by atoms with Gasteiger partial charge in [0.05, 0.1) is 0 Å². The summed E-state index contributed by atoms with van der Waals surface area (Å²) >= 11 is 0. The number of aryl methyl sites for hydroxylation is 1. The van der Waals surface area contributed by atoms with E-state index in [4.69, 9.17) is 0 Å². The van der Waals surface area contributed by atoms with Gasteiger partial charge in [-0.3, -0.25) is 4.79 Å². The molecule has 1 fully saturated rings. The van der Waals surface area contributed by atoms with Crippen LogP contribution < -0.4 is 0 Å². The Morgan fingerprint density at radius 2 is 1.77 bits per heavy atom. The van der Waals surface area contributed by atoms with Crippen molar-refractivity contribution in [3.05, 3.63) is 36.0 Å². The van der Waals surface area contributed by atoms with Gasteiger partial charge in [0.15, 0.2) is 0 Å². The van der Waals surface area contributed by atoms with E-state index in [0.29, 0.717) is 12.3 Å². The molecule has 0 spiro atoms. The standard InChI is InChI=1S/C19H26N2O/c22-19(21-13-6-2-1-3-7-14-21)12-8-9-16-15-20-18-11-5-4-10-17(16)18/h4-5,10-11,15,20H,1-3,6-9,12-14H2. The molecule has 0 atom stereocenters. The smallest absolute Gasteiger partial charge is 0.222 e. The summed E-state index contributed by atoms with van der Waals surface area (Å²) in [5.41, 5.74) is 2.52. The van der Waals surface area contributed by atoms with Gasteiger partial charge in [0.2, 0.25) is 5.91 Å². The topological polar surface area (TPSA) is 36.1 Å². The number of rotatable bonds is 4. The average molecular weight is 298 g/mol. The largest absolute Gasteiger partial charge is 0.361 e. The maximum Gasteiger partial charge on any atom is 0.222 e. The van der Waals surface area contributed by atoms with Crippen molar-refractivity contribution in [3.8, 4) is 0 Å². The Balaban J connectivity index is 1.50. The molecule has 1 amide bonds. The third-order valence-electron chi connectivity index (χ3n) is 4.72. The highest BCUT2D eigenvalue weighted by Crippen LogP contribution is 2.20. The number of para-hydroxylation sites is 1. The molecule has 1 saturated heterocycles. The number of likely N-dealkylation sites (tertiary alicyclic amines) is 1. The lowest BCUT2D eigenvalue weighted by molar-refractivity contribution is -0.131. The summed E-state index contributed by atoms with van der Waals surface area (Å²) in [5.74, 6) is 0.349. The van der Waals surface area contributed by atoms with Crippen molar-refractivity contribution in [1.29, 1.82) is 0 Å². The number of hydrogen-bond donors (Lipinski definition) is 1. The Morgan fingerprint density at radius 3 is 2.59 bits per heavy atom. The molecule has 0 radical (unpaired) electrons. The number of nitrogens with one attached hydrogen (secondary N) is 1. The first kappa shape index (κ1) is 15.1. The van der Waals surface area contributed by atoms with Gasteiger partial charge < -0.3 is 9.88 Å². The van der Waals surface area contributed by atoms with Gasteiger partial charge >= 0.3 is 0 Å². The summed E-state index contributed by atoms with van der Waals surface area (Å²) in [7, 11) is 0. The second-order valence-electron chi connectivity index (χ2n) is 6.36. The minimum atomic E-state index is 0.349. The van der Waals surface area contributed by atoms with Crippen LogP contribution in [0.25, 0.3) is 10.9 Å². The number of carbonyl (C=O) groups is 1. The van der Waals surface area contributed by atoms with Gasteiger partial charge in [-0.25, -0.2) is 0 Å². The first-order valence-electron chi connectivity index (χ1n) is 8.67. The molecule has 22 heavy (non-hydrogen) atoms. The van der Waals surface area contributed by atoms with Crippen LogP contribution in [0.1, 0.15) is 50.5 Å². The molecule has 0 aliphatic carbocycles. The van der Waals surface area contributed by atoms with Crippen LogP contribution in [0.5, 0.6) is 0 Å². The second kappa shape index (κ2) is 7.48. The third-order valence-corrected chi connectivity index (χ3v) is 4.72. The first-order valence-corrected chi connectivity index (χ1v) is 8.67. The zero-order valence-electron chi connectivity index (χ0n) is 13.3. The summed E-state index contributed by atoms with van der Waals surface area (Å²) in [4.78, 5) is 17.8. The average Bonchev–Trinajstić information content (AvgIpc) is 2.90. The van der Waals surface area contributed by atoms with Crippen molar-refractivity contribution in [2.45, 2.75) is 51.4 Å². The Kier molecular flexibility index (Phi) is 5.15. The highest BCUT2D eigenvalue weighted by molar-refractivity contribution is 5.83. The molecule has 0 bridgehead atoms. The van der Waals surface area contributed by atoms with Crippen molar-refractivity contribution in [2.75, 3.05) is 13.1 Å². The maximum absolute atomic E-state index is 12.4. The van der Waals surface area contributed by atoms with E-state index in [1.807, 2.05) is 6.07 Å². The fraction of sp³-hybridized carbons (Fsp3) is 0.526. The van der Waals surface area contributed by atoms with Gasteiger partial charge in [0.25, 0.3) is 0 Å². The lowest BCUT2D eigenvalue weighted by atomic mass is 10.1. The molecule has 118 valence electrons. The number of amides is 1. The van der Waals surface area contributed by atoms with Crippen molar-refractivity contribution in [3.63, 3.8) is 0 Å². The van der Waals surface area contributed by atoms with Crippen LogP contribution >= 0.6 is 0 Å². The van der Waals surface area contributed by atoms with E-state index in [0.717, 1.165) is 25.9 Å². The molecule has 1 aromatic carbocycles. The molecule has 2 heterocycles. The number of H-pyrrole nitrogens is 1. The van der Waals surface area contributed by atoms with Gasteiger partial charge in [-0.2, -0.15) is 0 Å². The maximum atomic E-state index is 12.4. The molecule has 3 heteroatoms. The monoisotopic (exact) mass is 298 g/mol. The summed E-state index contributed by atoms with van der Waals surface area (Å²) < 4.78 is 0. The van der Waals surface area contributed by atoms with Crippen molar-refractivity contribution < 1.29 is 4.79 Å². The lowest BCUT2D eigenvalue weighted by Gasteiger charge is -2.24. The van der Waals surface area contributed by atoms with E-state index in [1.165, 1.54) is 48.6 Å². The SMILES string of the molecule is O=C(CCCc1c[nH]c2ccccc12)N1CCCCCCC1. The van der Waals surface area contributed by atoms with Crippen molar-refractivity contribution in [1.82, 2.24) is 9.88 Å². The van der Waals surface area contributed by atoms with Crippen LogP contribution in [-0.2, 0) is 11.2 Å². The minimum absolute atomic E-state index is 0.349. The molecule has 1 N–H and O–H groups in total. The fourth-order valence-corrected chi connectivity index (χ4v) is 3.42. The molecule has 3 nitrogen and oxygen atoms in total. The highest BCUT2D eigenvalue weighted by Gasteiger charge is 2.14. The Labute approximate surface area is 132 Å². The number of hydrogen-bond acceptors (Lipinski definition) is 1. The number of aromatic amines is 1. The number of aromatic nitrogens is 1. The quantitative estimate of drug-likeness (QED) is 0.898. The first-order chi connectivity index (χ1) is 10.8. The molecular weight excluding hydrogens is 272 g/mol. The number of fused-ring (bicyclic) bond motifs is 1. The Morgan fingerprint density at radius 1 is 1.05 bits per heavy atom. The molecular formula is C19H26N2O. The van der Waals surface area contributed by atoms with E-state index < -0.39 is 0 Å². The minimum Gasteiger partial charge on any atom is -0.361 e. The summed E-state index contributed by atoms with van der Waals surface area (Å²) in [6, 6.07) is 8.38. The van der Waals surface area contributed by atoms with Crippen LogP contribution in [0.2, 0.25) is 0 Å². The molecule has 1 aliphatic heterocycles. The van der Waals surface area contributed by atoms with E-state index in [2.05, 4.69) is 34.3 Å². The number of benzene rings is 1. The highest BCUT2D eigenvalue weighted by atomic mass is 16.2. The normalized spacial score (nSPS) is 16.5. The zero-order chi connectivity index (χ0) is 15.2. The van der Waals surface area contributed by atoms with E-state index in [1.54, 1.807) is 0 Å². The van der Waals surface area contributed by atoms with Gasteiger partial charge in [-0.15, -0.1) is 0 Å². The van der Waals surface area contributed by atoms with E-state index in [9.17, 15) is 4.79 Å². The Hall–Kier alpha value is -1.77. The van der Waals surface area contributed by atoms with Gasteiger partial charge in [0, 0.05) is 36.6 Å². The molecule has 1 aliphatic rings. The zero-order valence-corrected chi connectivity index (χ0v) is 13.3. The van der Waals surface area contributed by atoms with Crippen LogP contribution in [0, 0.1) is 0 Å². The predicted molar refractivity (Wildman–Crippen MR) is 90.9 cm³/mol. The number of nitrogens with zero attached hydrogens (tertiary/aromatic N) is 1. The summed E-state index contributed by atoms with van der Waals surface area (Å²) in [6.45, 7) is 1.93. The number of carbonyl (C=O) groups excluding carboxylic acids is 1. The lowest BCUT2D eigenvalue weighted by Crippen LogP contribution is -2.33. The predicted octanol–water partition coefficient (Wildman–Crippen LogP) is 4.28. The molecule has 2 aromatic rings. The van der Waals surface area contributed by atoms with Gasteiger partial charge in [-0.05, 0) is 37.3 Å². The van der Waals surface area contributed by atoms with Gasteiger partial charge in [-0.1, -0.05) is 37.5 Å². The van der Waals surface area contributed by atoms with Crippen LogP contribution in [0.4, 0.5) is 0 Å². The molecule has 0 saturated carbocycles.